The van der Waals surface area contributed by atoms with Gasteiger partial charge in [-0.25, -0.2) is 4.39 Å². The molecule has 0 heterocycles. The molecule has 0 saturated heterocycles. The van der Waals surface area contributed by atoms with Crippen molar-refractivity contribution in [3.8, 4) is 0 Å². The lowest BCUT2D eigenvalue weighted by Crippen LogP contribution is -2.28. The number of hydrogen-bond acceptors (Lipinski definition) is 2. The van der Waals surface area contributed by atoms with Gasteiger partial charge in [-0.3, -0.25) is 4.79 Å². The van der Waals surface area contributed by atoms with Crippen LogP contribution >= 0.6 is 15.9 Å². The third-order valence-electron chi connectivity index (χ3n) is 2.85. The Bertz CT molecular complexity index is 435. The normalized spacial score (nSPS) is 16.6. The molecule has 1 aromatic rings. The van der Waals surface area contributed by atoms with Crippen molar-refractivity contribution in [2.45, 2.75) is 25.3 Å². The Morgan fingerprint density at radius 3 is 2.94 bits per heavy atom. The van der Waals surface area contributed by atoms with Crippen LogP contribution in [0, 0.1) is 11.7 Å². The number of carbonyl (C=O) groups excluding carboxylic acids is 1. The molecule has 3 nitrogen and oxygen atoms in total. The average molecular weight is 301 g/mol. The smallest absolute Gasteiger partial charge is 0.225 e. The zero-order valence-electron chi connectivity index (χ0n) is 9.25. The van der Waals surface area contributed by atoms with Crippen molar-refractivity contribution in [2.75, 3.05) is 5.32 Å². The molecule has 92 valence electrons. The largest absolute Gasteiger partial charge is 0.327 e. The Hall–Kier alpha value is -0.940. The molecule has 17 heavy (non-hydrogen) atoms. The number of nitrogens with two attached hydrogens (primary N) is 1. The quantitative estimate of drug-likeness (QED) is 0.898. The van der Waals surface area contributed by atoms with E-state index < -0.39 is 0 Å². The van der Waals surface area contributed by atoms with Crippen molar-refractivity contribution in [3.63, 3.8) is 0 Å². The van der Waals surface area contributed by atoms with Gasteiger partial charge < -0.3 is 11.1 Å². The second kappa shape index (κ2) is 5.14. The molecular formula is C12H14BrFN2O. The van der Waals surface area contributed by atoms with Gasteiger partial charge in [0.05, 0.1) is 5.69 Å². The maximum Gasteiger partial charge on any atom is 0.225 e. The Kier molecular flexibility index (Phi) is 3.79. The molecule has 1 aromatic carbocycles. The molecular weight excluding hydrogens is 287 g/mol. The summed E-state index contributed by atoms with van der Waals surface area (Å²) in [6, 6.07) is 4.09. The van der Waals surface area contributed by atoms with Crippen molar-refractivity contribution in [2.24, 2.45) is 11.7 Å². The fraction of sp³-hybridized carbons (Fsp3) is 0.417. The minimum absolute atomic E-state index is 0.0812. The summed E-state index contributed by atoms with van der Waals surface area (Å²) in [6.07, 6.45) is 2.50. The molecule has 1 aliphatic rings. The van der Waals surface area contributed by atoms with E-state index in [1.165, 1.54) is 12.1 Å². The van der Waals surface area contributed by atoms with Crippen LogP contribution in [0.25, 0.3) is 0 Å². The van der Waals surface area contributed by atoms with E-state index in [-0.39, 0.29) is 24.2 Å². The minimum Gasteiger partial charge on any atom is -0.327 e. The molecule has 0 spiro atoms. The first-order chi connectivity index (χ1) is 8.06. The van der Waals surface area contributed by atoms with Gasteiger partial charge in [0.1, 0.15) is 5.82 Å². The molecule has 1 unspecified atom stereocenters. The van der Waals surface area contributed by atoms with Crippen molar-refractivity contribution >= 4 is 27.5 Å². The van der Waals surface area contributed by atoms with E-state index in [0.29, 0.717) is 16.1 Å². The number of amides is 1. The van der Waals surface area contributed by atoms with E-state index in [4.69, 9.17) is 5.73 Å². The number of anilines is 1. The maximum atomic E-state index is 13.0. The summed E-state index contributed by atoms with van der Waals surface area (Å²) < 4.78 is 13.7. The molecule has 0 aliphatic heterocycles. The fourth-order valence-electron chi connectivity index (χ4n) is 1.70. The molecule has 1 aliphatic carbocycles. The van der Waals surface area contributed by atoms with Gasteiger partial charge in [-0.05, 0) is 52.9 Å². The number of rotatable bonds is 4. The predicted molar refractivity (Wildman–Crippen MR) is 68.0 cm³/mol. The zero-order valence-corrected chi connectivity index (χ0v) is 10.8. The summed E-state index contributed by atoms with van der Waals surface area (Å²) in [4.78, 5) is 11.7. The first-order valence-corrected chi connectivity index (χ1v) is 6.36. The SMILES string of the molecule is NC(CC(=O)Nc1cc(F)ccc1Br)C1CC1. The Balaban J connectivity index is 1.94. The van der Waals surface area contributed by atoms with Crippen molar-refractivity contribution in [3.05, 3.63) is 28.5 Å². The molecule has 0 aromatic heterocycles. The van der Waals surface area contributed by atoms with E-state index in [2.05, 4.69) is 21.2 Å². The summed E-state index contributed by atoms with van der Waals surface area (Å²) >= 11 is 3.25. The Morgan fingerprint density at radius 1 is 1.59 bits per heavy atom. The summed E-state index contributed by atoms with van der Waals surface area (Å²) in [5.74, 6) is -0.0672. The summed E-state index contributed by atoms with van der Waals surface area (Å²) in [5, 5.41) is 2.66. The molecule has 1 saturated carbocycles. The lowest BCUT2D eigenvalue weighted by Gasteiger charge is -2.11. The van der Waals surface area contributed by atoms with Crippen LogP contribution in [-0.4, -0.2) is 11.9 Å². The highest BCUT2D eigenvalue weighted by atomic mass is 79.9. The molecule has 0 radical (unpaired) electrons. The van der Waals surface area contributed by atoms with Gasteiger partial charge in [0.15, 0.2) is 0 Å². The van der Waals surface area contributed by atoms with E-state index in [0.717, 1.165) is 12.8 Å². The van der Waals surface area contributed by atoms with Gasteiger partial charge in [0.25, 0.3) is 0 Å². The number of benzene rings is 1. The highest BCUT2D eigenvalue weighted by molar-refractivity contribution is 9.10. The van der Waals surface area contributed by atoms with Gasteiger partial charge in [-0.15, -0.1) is 0 Å². The highest BCUT2D eigenvalue weighted by Crippen LogP contribution is 2.33. The molecule has 2 rings (SSSR count). The summed E-state index contributed by atoms with van der Waals surface area (Å²) in [7, 11) is 0. The zero-order chi connectivity index (χ0) is 12.4. The van der Waals surface area contributed by atoms with Gasteiger partial charge in [-0.1, -0.05) is 0 Å². The average Bonchev–Trinajstić information content (AvgIpc) is 3.06. The fourth-order valence-corrected chi connectivity index (χ4v) is 2.05. The van der Waals surface area contributed by atoms with E-state index in [9.17, 15) is 9.18 Å². The Labute approximate surface area is 108 Å². The monoisotopic (exact) mass is 300 g/mol. The van der Waals surface area contributed by atoms with Crippen LogP contribution in [0.2, 0.25) is 0 Å². The van der Waals surface area contributed by atoms with Crippen molar-refractivity contribution in [1.29, 1.82) is 0 Å². The van der Waals surface area contributed by atoms with Crippen LogP contribution < -0.4 is 11.1 Å². The number of nitrogens with one attached hydrogen (secondary N) is 1. The maximum absolute atomic E-state index is 13.0. The number of hydrogen-bond donors (Lipinski definition) is 2. The predicted octanol–water partition coefficient (Wildman–Crippen LogP) is 2.65. The van der Waals surface area contributed by atoms with Gasteiger partial charge in [-0.2, -0.15) is 0 Å². The molecule has 5 heteroatoms. The van der Waals surface area contributed by atoms with Crippen LogP contribution in [0.3, 0.4) is 0 Å². The van der Waals surface area contributed by atoms with Crippen molar-refractivity contribution in [1.82, 2.24) is 0 Å². The molecule has 0 bridgehead atoms. The number of halogens is 2. The van der Waals surface area contributed by atoms with Crippen LogP contribution in [0.5, 0.6) is 0 Å². The second-order valence-electron chi connectivity index (χ2n) is 4.38. The first-order valence-electron chi connectivity index (χ1n) is 5.57. The van der Waals surface area contributed by atoms with Crippen molar-refractivity contribution < 1.29 is 9.18 Å². The minimum atomic E-state index is -0.380. The standard InChI is InChI=1S/C12H14BrFN2O/c13-9-4-3-8(14)5-11(9)16-12(17)6-10(15)7-1-2-7/h3-5,7,10H,1-2,6,15H2,(H,16,17). The summed E-state index contributed by atoms with van der Waals surface area (Å²) in [5.41, 5.74) is 6.30. The van der Waals surface area contributed by atoms with Crippen LogP contribution in [-0.2, 0) is 4.79 Å². The number of carbonyl (C=O) groups is 1. The van der Waals surface area contributed by atoms with E-state index in [1.807, 2.05) is 0 Å². The van der Waals surface area contributed by atoms with Gasteiger partial charge in [0.2, 0.25) is 5.91 Å². The van der Waals surface area contributed by atoms with Gasteiger partial charge >= 0.3 is 0 Å². The topological polar surface area (TPSA) is 55.1 Å². The van der Waals surface area contributed by atoms with Crippen LogP contribution in [0.1, 0.15) is 19.3 Å². The third-order valence-corrected chi connectivity index (χ3v) is 3.54. The highest BCUT2D eigenvalue weighted by Gasteiger charge is 2.29. The summed E-state index contributed by atoms with van der Waals surface area (Å²) in [6.45, 7) is 0. The Morgan fingerprint density at radius 2 is 2.29 bits per heavy atom. The second-order valence-corrected chi connectivity index (χ2v) is 5.23. The lowest BCUT2D eigenvalue weighted by atomic mass is 10.1. The first kappa shape index (κ1) is 12.5. The van der Waals surface area contributed by atoms with Crippen LogP contribution in [0.15, 0.2) is 22.7 Å². The van der Waals surface area contributed by atoms with E-state index >= 15 is 0 Å². The molecule has 3 N–H and O–H groups in total. The van der Waals surface area contributed by atoms with Crippen LogP contribution in [0.4, 0.5) is 10.1 Å². The molecule has 1 atom stereocenters. The molecule has 1 amide bonds. The molecule has 1 fully saturated rings. The third kappa shape index (κ3) is 3.51. The lowest BCUT2D eigenvalue weighted by molar-refractivity contribution is -0.116. The van der Waals surface area contributed by atoms with E-state index in [1.54, 1.807) is 6.07 Å². The van der Waals surface area contributed by atoms with Gasteiger partial charge in [0, 0.05) is 16.9 Å².